The molecule has 30 heavy (non-hydrogen) atoms. The molecule has 2 aliphatic rings. The van der Waals surface area contributed by atoms with Crippen molar-refractivity contribution in [2.45, 2.75) is 82.6 Å². The second kappa shape index (κ2) is 10.6. The smallest absolute Gasteiger partial charge is 0.243 e. The number of carbonyl (C=O) groups excluding carboxylic acids is 1. The number of ether oxygens (including phenoxy) is 1. The van der Waals surface area contributed by atoms with Crippen molar-refractivity contribution in [2.24, 2.45) is 5.92 Å². The first kappa shape index (κ1) is 23.1. The molecular weight excluding hydrogens is 400 g/mol. The fourth-order valence-electron chi connectivity index (χ4n) is 4.54. The third-order valence-electron chi connectivity index (χ3n) is 6.29. The first-order valence-electron chi connectivity index (χ1n) is 11.5. The lowest BCUT2D eigenvalue weighted by Crippen LogP contribution is -2.47. The minimum absolute atomic E-state index is 0.0170. The number of amides is 1. The van der Waals surface area contributed by atoms with Crippen molar-refractivity contribution >= 4 is 15.9 Å². The number of aryl methyl sites for hydroxylation is 1. The second-order valence-electron chi connectivity index (χ2n) is 8.61. The largest absolute Gasteiger partial charge is 0.494 e. The highest BCUT2D eigenvalue weighted by atomic mass is 32.2. The van der Waals surface area contributed by atoms with Crippen LogP contribution in [0.4, 0.5) is 0 Å². The average molecular weight is 437 g/mol. The molecule has 0 aromatic heterocycles. The van der Waals surface area contributed by atoms with Crippen LogP contribution in [0.1, 0.15) is 70.3 Å². The Morgan fingerprint density at radius 1 is 1.10 bits per heavy atom. The van der Waals surface area contributed by atoms with Crippen molar-refractivity contribution in [3.63, 3.8) is 0 Å². The highest BCUT2D eigenvalue weighted by molar-refractivity contribution is 7.89. The number of nitrogens with one attached hydrogen (secondary N) is 1. The molecule has 2 fully saturated rings. The van der Waals surface area contributed by atoms with Crippen LogP contribution in [-0.4, -0.2) is 44.4 Å². The van der Waals surface area contributed by atoms with Gasteiger partial charge in [0.05, 0.1) is 17.4 Å². The molecular formula is C23H36N2O4S. The molecule has 1 heterocycles. The van der Waals surface area contributed by atoms with E-state index in [9.17, 15) is 13.2 Å². The number of piperidine rings is 1. The molecule has 3 rings (SSSR count). The Morgan fingerprint density at radius 2 is 1.80 bits per heavy atom. The molecule has 1 aromatic rings. The van der Waals surface area contributed by atoms with Crippen molar-refractivity contribution in [3.8, 4) is 5.75 Å². The molecule has 1 amide bonds. The topological polar surface area (TPSA) is 75.7 Å². The first-order chi connectivity index (χ1) is 14.4. The summed E-state index contributed by atoms with van der Waals surface area (Å²) in [6, 6.07) is 5.22. The quantitative estimate of drug-likeness (QED) is 0.731. The molecule has 1 saturated carbocycles. The molecule has 1 saturated heterocycles. The number of carbonyl (C=O) groups is 1. The van der Waals surface area contributed by atoms with Crippen LogP contribution in [0.2, 0.25) is 0 Å². The van der Waals surface area contributed by atoms with Gasteiger partial charge < -0.3 is 10.1 Å². The fraction of sp³-hybridized carbons (Fsp3) is 0.696. The highest BCUT2D eigenvalue weighted by Gasteiger charge is 2.34. The zero-order valence-electron chi connectivity index (χ0n) is 18.4. The molecule has 1 aliphatic carbocycles. The van der Waals surface area contributed by atoms with Crippen LogP contribution in [-0.2, 0) is 14.8 Å². The zero-order chi connectivity index (χ0) is 21.6. The molecule has 7 heteroatoms. The number of rotatable bonds is 6. The van der Waals surface area contributed by atoms with Gasteiger partial charge in [-0.05, 0) is 63.3 Å². The second-order valence-corrected chi connectivity index (χ2v) is 10.6. The van der Waals surface area contributed by atoms with Crippen LogP contribution in [0.15, 0.2) is 23.1 Å². The molecule has 6 nitrogen and oxygen atoms in total. The van der Waals surface area contributed by atoms with E-state index in [0.717, 1.165) is 37.7 Å². The molecule has 0 bridgehead atoms. The maximum Gasteiger partial charge on any atom is 0.243 e. The van der Waals surface area contributed by atoms with Crippen LogP contribution < -0.4 is 10.1 Å². The highest BCUT2D eigenvalue weighted by Crippen LogP contribution is 2.28. The molecule has 0 spiro atoms. The predicted molar refractivity (Wildman–Crippen MR) is 118 cm³/mol. The summed E-state index contributed by atoms with van der Waals surface area (Å²) in [6.45, 7) is 5.01. The Hall–Kier alpha value is -1.60. The van der Waals surface area contributed by atoms with E-state index in [1.165, 1.54) is 23.6 Å². The number of nitrogens with zero attached hydrogens (tertiary/aromatic N) is 1. The van der Waals surface area contributed by atoms with Gasteiger partial charge in [0.1, 0.15) is 5.75 Å². The van der Waals surface area contributed by atoms with E-state index < -0.39 is 10.0 Å². The number of sulfonamides is 1. The van der Waals surface area contributed by atoms with E-state index in [4.69, 9.17) is 4.74 Å². The Balaban J connectivity index is 1.65. The van der Waals surface area contributed by atoms with Gasteiger partial charge in [0, 0.05) is 19.1 Å². The Kier molecular flexibility index (Phi) is 8.17. The maximum absolute atomic E-state index is 13.2. The average Bonchev–Trinajstić information content (AvgIpc) is 2.71. The molecule has 1 aromatic carbocycles. The van der Waals surface area contributed by atoms with E-state index in [-0.39, 0.29) is 29.3 Å². The SMILES string of the molecule is CCOc1ccc(S(=O)(=O)N2CCC[C@@H](C(=O)NC3CCCCCCC3)C2)cc1C. The van der Waals surface area contributed by atoms with Crippen LogP contribution in [0.3, 0.4) is 0 Å². The summed E-state index contributed by atoms with van der Waals surface area (Å²) in [5.41, 5.74) is 0.800. The van der Waals surface area contributed by atoms with Crippen LogP contribution in [0, 0.1) is 12.8 Å². The van der Waals surface area contributed by atoms with E-state index in [2.05, 4.69) is 5.32 Å². The number of hydrogen-bond acceptors (Lipinski definition) is 4. The number of benzene rings is 1. The minimum atomic E-state index is -3.63. The number of hydrogen-bond donors (Lipinski definition) is 1. The van der Waals surface area contributed by atoms with E-state index in [1.807, 2.05) is 13.8 Å². The van der Waals surface area contributed by atoms with Crippen molar-refractivity contribution in [1.82, 2.24) is 9.62 Å². The standard InChI is InChI=1S/C23H36N2O4S/c1-3-29-22-14-13-21(16-18(22)2)30(27,28)25-15-9-10-19(17-25)23(26)24-20-11-7-5-4-6-8-12-20/h13-14,16,19-20H,3-12,15,17H2,1-2H3,(H,24,26)/t19-/m1/s1. The summed E-state index contributed by atoms with van der Waals surface area (Å²) in [4.78, 5) is 13.2. The van der Waals surface area contributed by atoms with Gasteiger partial charge in [-0.3, -0.25) is 4.79 Å². The van der Waals surface area contributed by atoms with Crippen molar-refractivity contribution in [3.05, 3.63) is 23.8 Å². The van der Waals surface area contributed by atoms with E-state index in [1.54, 1.807) is 18.2 Å². The van der Waals surface area contributed by atoms with Gasteiger partial charge in [-0.25, -0.2) is 8.42 Å². The normalized spacial score (nSPS) is 22.1. The molecule has 0 unspecified atom stereocenters. The lowest BCUT2D eigenvalue weighted by Gasteiger charge is -2.32. The molecule has 1 N–H and O–H groups in total. The lowest BCUT2D eigenvalue weighted by molar-refractivity contribution is -0.126. The van der Waals surface area contributed by atoms with Crippen LogP contribution in [0.5, 0.6) is 5.75 Å². The fourth-order valence-corrected chi connectivity index (χ4v) is 6.15. The summed E-state index contributed by atoms with van der Waals surface area (Å²) in [5, 5.41) is 3.22. The van der Waals surface area contributed by atoms with Gasteiger partial charge in [0.15, 0.2) is 0 Å². The Labute approximate surface area is 181 Å². The van der Waals surface area contributed by atoms with Gasteiger partial charge in [-0.1, -0.05) is 32.1 Å². The third-order valence-corrected chi connectivity index (χ3v) is 8.15. The van der Waals surface area contributed by atoms with Crippen molar-refractivity contribution in [2.75, 3.05) is 19.7 Å². The maximum atomic E-state index is 13.2. The van der Waals surface area contributed by atoms with Gasteiger partial charge in [-0.15, -0.1) is 0 Å². The van der Waals surface area contributed by atoms with Gasteiger partial charge in [0.2, 0.25) is 15.9 Å². The van der Waals surface area contributed by atoms with Crippen LogP contribution in [0.25, 0.3) is 0 Å². The Morgan fingerprint density at radius 3 is 2.47 bits per heavy atom. The lowest BCUT2D eigenvalue weighted by atomic mass is 9.94. The van der Waals surface area contributed by atoms with E-state index in [0.29, 0.717) is 25.3 Å². The Bertz CT molecular complexity index is 816. The summed E-state index contributed by atoms with van der Waals surface area (Å²) >= 11 is 0. The molecule has 0 radical (unpaired) electrons. The summed E-state index contributed by atoms with van der Waals surface area (Å²) in [5.74, 6) is 0.442. The summed E-state index contributed by atoms with van der Waals surface area (Å²) in [7, 11) is -3.63. The van der Waals surface area contributed by atoms with E-state index >= 15 is 0 Å². The molecule has 168 valence electrons. The first-order valence-corrected chi connectivity index (χ1v) is 12.9. The van der Waals surface area contributed by atoms with Crippen molar-refractivity contribution < 1.29 is 17.9 Å². The zero-order valence-corrected chi connectivity index (χ0v) is 19.2. The monoisotopic (exact) mass is 436 g/mol. The summed E-state index contributed by atoms with van der Waals surface area (Å²) < 4.78 is 33.4. The summed E-state index contributed by atoms with van der Waals surface area (Å²) in [6.07, 6.45) is 9.61. The van der Waals surface area contributed by atoms with Gasteiger partial charge in [-0.2, -0.15) is 4.31 Å². The van der Waals surface area contributed by atoms with Crippen molar-refractivity contribution in [1.29, 1.82) is 0 Å². The minimum Gasteiger partial charge on any atom is -0.494 e. The third kappa shape index (κ3) is 5.76. The molecule has 1 atom stereocenters. The van der Waals surface area contributed by atoms with Gasteiger partial charge in [0.25, 0.3) is 0 Å². The predicted octanol–water partition coefficient (Wildman–Crippen LogP) is 4.02. The van der Waals surface area contributed by atoms with Gasteiger partial charge >= 0.3 is 0 Å². The van der Waals surface area contributed by atoms with Crippen LogP contribution >= 0.6 is 0 Å². The molecule has 1 aliphatic heterocycles.